The van der Waals surface area contributed by atoms with Crippen LogP contribution in [0, 0.1) is 6.07 Å². The fraction of sp³-hybridized carbons (Fsp3) is 0.0455. The van der Waals surface area contributed by atoms with Gasteiger partial charge in [-0.2, -0.15) is 0 Å². The predicted octanol–water partition coefficient (Wildman–Crippen LogP) is 10.7. The number of aromatic hydroxyl groups is 1. The number of phenolic OH excluding ortho intramolecular Hbond substituents is 1. The number of para-hydroxylation sites is 3. The van der Waals surface area contributed by atoms with E-state index in [9.17, 15) is 5.11 Å². The molecule has 49 heavy (non-hydrogen) atoms. The van der Waals surface area contributed by atoms with Crippen LogP contribution in [0.4, 0.5) is 0 Å². The van der Waals surface area contributed by atoms with E-state index in [0.29, 0.717) is 11.4 Å². The molecule has 0 aliphatic heterocycles. The molecule has 0 saturated carbocycles. The molecule has 6 aromatic carbocycles. The minimum Gasteiger partial charge on any atom is -0.507 e. The summed E-state index contributed by atoms with van der Waals surface area (Å²) < 4.78 is 2.12. The van der Waals surface area contributed by atoms with Gasteiger partial charge in [-0.25, -0.2) is 4.98 Å². The Kier molecular flexibility index (Phi) is 9.07. The molecule has 1 atom stereocenters. The second kappa shape index (κ2) is 13.9. The smallest absolute Gasteiger partial charge is 0.148 e. The molecule has 2 heterocycles. The van der Waals surface area contributed by atoms with Crippen LogP contribution in [-0.2, 0) is 21.1 Å². The first-order valence-electron chi connectivity index (χ1n) is 16.1. The van der Waals surface area contributed by atoms with Gasteiger partial charge >= 0.3 is 0 Å². The minimum atomic E-state index is 0. The van der Waals surface area contributed by atoms with Crippen LogP contribution < -0.4 is 0 Å². The average Bonchev–Trinajstić information content (AvgIpc) is 3.55. The van der Waals surface area contributed by atoms with Crippen LogP contribution in [0.25, 0.3) is 61.6 Å². The number of hydrogen-bond donors (Lipinski definition) is 1. The van der Waals surface area contributed by atoms with E-state index in [1.54, 1.807) is 6.07 Å². The van der Waals surface area contributed by atoms with Gasteiger partial charge in [-0.15, -0.1) is 23.8 Å². The molecule has 0 spiro atoms. The van der Waals surface area contributed by atoms with Crippen molar-refractivity contribution < 1.29 is 26.2 Å². The van der Waals surface area contributed by atoms with Crippen molar-refractivity contribution in [3.63, 3.8) is 0 Å². The topological polar surface area (TPSA) is 50.9 Å². The van der Waals surface area contributed by atoms with Gasteiger partial charge in [-0.3, -0.25) is 9.55 Å². The molecule has 1 unspecified atom stereocenters. The summed E-state index contributed by atoms with van der Waals surface area (Å²) in [5.41, 5.74) is 11.7. The van der Waals surface area contributed by atoms with E-state index in [1.165, 1.54) is 5.56 Å². The number of fused-ring (bicyclic) bond motifs is 1. The largest absolute Gasteiger partial charge is 0.507 e. The second-order valence-electron chi connectivity index (χ2n) is 11.9. The summed E-state index contributed by atoms with van der Waals surface area (Å²) in [6.45, 7) is 2.23. The molecule has 8 rings (SSSR count). The molecule has 0 aliphatic carbocycles. The monoisotopic (exact) mass is 813 g/mol. The van der Waals surface area contributed by atoms with Crippen molar-refractivity contribution in [2.75, 3.05) is 0 Å². The zero-order chi connectivity index (χ0) is 32.5. The van der Waals surface area contributed by atoms with Crippen molar-refractivity contribution >= 4 is 11.0 Å². The minimum absolute atomic E-state index is 0. The quantitative estimate of drug-likeness (QED) is 0.163. The molecule has 0 radical (unpaired) electrons. The van der Waals surface area contributed by atoms with Crippen LogP contribution in [0.15, 0.2) is 164 Å². The van der Waals surface area contributed by atoms with Gasteiger partial charge in [-0.1, -0.05) is 133 Å². The third kappa shape index (κ3) is 6.12. The number of hydrogen-bond acceptors (Lipinski definition) is 3. The Balaban J connectivity index is 0.00000378. The molecule has 0 fully saturated rings. The Hall–Kier alpha value is -5.57. The molecule has 4 nitrogen and oxygen atoms in total. The van der Waals surface area contributed by atoms with Gasteiger partial charge in [0.05, 0.1) is 16.6 Å². The zero-order valence-corrected chi connectivity index (χ0v) is 29.0. The number of benzene rings is 6. The molecular weight excluding hydrogens is 782 g/mol. The van der Waals surface area contributed by atoms with Gasteiger partial charge in [0.25, 0.3) is 0 Å². The van der Waals surface area contributed by atoms with E-state index in [-0.39, 0.29) is 32.7 Å². The van der Waals surface area contributed by atoms with Gasteiger partial charge in [0.15, 0.2) is 0 Å². The third-order valence-corrected chi connectivity index (χ3v) is 8.97. The second-order valence-corrected chi connectivity index (χ2v) is 11.9. The van der Waals surface area contributed by atoms with Crippen molar-refractivity contribution in [2.24, 2.45) is 0 Å². The number of phenols is 1. The number of nitrogens with zero attached hydrogens (tertiary/aromatic N) is 3. The fourth-order valence-corrected chi connectivity index (χ4v) is 6.55. The number of aromatic nitrogens is 3. The maximum atomic E-state index is 11.0. The summed E-state index contributed by atoms with van der Waals surface area (Å²) >= 11 is 0. The molecule has 5 heteroatoms. The van der Waals surface area contributed by atoms with Crippen LogP contribution in [0.1, 0.15) is 24.0 Å². The van der Waals surface area contributed by atoms with Crippen molar-refractivity contribution in [1.82, 2.24) is 14.5 Å². The molecule has 0 bridgehead atoms. The van der Waals surface area contributed by atoms with E-state index < -0.39 is 0 Å². The molecule has 1 N–H and O–H groups in total. The third-order valence-electron chi connectivity index (χ3n) is 8.97. The standard InChI is InChI=1S/C44H32N3O.Pt/c1-30(31-15-5-2-6-16-31)37-23-14-26-45-42(37)35-28-33(32-17-7-3-8-18-32)27-34(29-35)38-22-13-24-40-43(38)46-44(39-21-11-12-25-41(39)48)47(40)36-19-9-4-10-20-36;/h2-28,30,48H,1H3;/q-1;. The van der Waals surface area contributed by atoms with Gasteiger partial charge in [0.1, 0.15) is 11.6 Å². The van der Waals surface area contributed by atoms with E-state index in [1.807, 2.05) is 60.8 Å². The maximum absolute atomic E-state index is 11.0. The van der Waals surface area contributed by atoms with E-state index in [2.05, 4.69) is 115 Å². The first-order chi connectivity index (χ1) is 23.7. The molecular formula is C44H32N3OPt-. The van der Waals surface area contributed by atoms with Gasteiger partial charge < -0.3 is 5.11 Å². The molecule has 0 saturated heterocycles. The van der Waals surface area contributed by atoms with Crippen molar-refractivity contribution in [3.05, 3.63) is 181 Å². The summed E-state index contributed by atoms with van der Waals surface area (Å²) in [6, 6.07) is 57.1. The van der Waals surface area contributed by atoms with Gasteiger partial charge in [-0.05, 0) is 53.1 Å². The Morgan fingerprint density at radius 2 is 1.29 bits per heavy atom. The fourth-order valence-electron chi connectivity index (χ4n) is 6.55. The Bertz CT molecular complexity index is 2370. The van der Waals surface area contributed by atoms with Gasteiger partial charge in [0, 0.05) is 44.6 Å². The Morgan fingerprint density at radius 3 is 2.04 bits per heavy atom. The summed E-state index contributed by atoms with van der Waals surface area (Å²) in [5, 5.41) is 11.0. The molecule has 0 amide bonds. The van der Waals surface area contributed by atoms with Gasteiger partial charge in [0.2, 0.25) is 0 Å². The van der Waals surface area contributed by atoms with Crippen LogP contribution in [0.3, 0.4) is 0 Å². The number of imidazole rings is 1. The van der Waals surface area contributed by atoms with E-state index in [4.69, 9.17) is 9.97 Å². The maximum Gasteiger partial charge on any atom is 0.148 e. The van der Waals surface area contributed by atoms with Crippen LogP contribution in [0.5, 0.6) is 5.75 Å². The van der Waals surface area contributed by atoms with Crippen LogP contribution in [0.2, 0.25) is 0 Å². The Labute approximate surface area is 300 Å². The normalized spacial score (nSPS) is 11.6. The zero-order valence-electron chi connectivity index (χ0n) is 26.8. The first-order valence-corrected chi connectivity index (χ1v) is 16.1. The molecule has 240 valence electrons. The van der Waals surface area contributed by atoms with Crippen LogP contribution in [-0.4, -0.2) is 19.6 Å². The summed E-state index contributed by atoms with van der Waals surface area (Å²) in [7, 11) is 0. The van der Waals surface area contributed by atoms with Crippen molar-refractivity contribution in [1.29, 1.82) is 0 Å². The Morgan fingerprint density at radius 1 is 0.633 bits per heavy atom. The summed E-state index contributed by atoms with van der Waals surface area (Å²) in [4.78, 5) is 10.2. The van der Waals surface area contributed by atoms with E-state index >= 15 is 0 Å². The summed E-state index contributed by atoms with van der Waals surface area (Å²) in [5.74, 6) is 0.991. The average molecular weight is 814 g/mol. The molecule has 2 aromatic heterocycles. The van der Waals surface area contributed by atoms with Crippen molar-refractivity contribution in [3.8, 4) is 56.3 Å². The first kappa shape index (κ1) is 32.0. The summed E-state index contributed by atoms with van der Waals surface area (Å²) in [6.07, 6.45) is 1.86. The van der Waals surface area contributed by atoms with E-state index in [0.717, 1.165) is 55.8 Å². The SMILES string of the molecule is CC(c1ccccc1)c1cccnc1-c1[c-]c(-c2cccc3c2nc(-c2ccccc2O)n3-c2ccccc2)cc(-c2ccccc2)c1.[Pt]. The number of pyridine rings is 1. The molecule has 0 aliphatic rings. The van der Waals surface area contributed by atoms with Crippen molar-refractivity contribution in [2.45, 2.75) is 12.8 Å². The molecule has 8 aromatic rings. The van der Waals surface area contributed by atoms with Crippen LogP contribution >= 0.6 is 0 Å². The predicted molar refractivity (Wildman–Crippen MR) is 195 cm³/mol. The number of rotatable bonds is 7.